The van der Waals surface area contributed by atoms with E-state index in [1.807, 2.05) is 13.8 Å². The number of aromatic nitrogens is 1. The summed E-state index contributed by atoms with van der Waals surface area (Å²) in [6, 6.07) is 6.53. The van der Waals surface area contributed by atoms with Gasteiger partial charge in [-0.2, -0.15) is 0 Å². The van der Waals surface area contributed by atoms with Crippen LogP contribution in [0, 0.1) is 11.6 Å². The number of anilines is 2. The number of carbonyl (C=O) groups excluding carboxylic acids is 1. The average Bonchev–Trinajstić information content (AvgIpc) is 2.52. The van der Waals surface area contributed by atoms with E-state index in [0.29, 0.717) is 5.69 Å². The number of nitrogens with one attached hydrogen (secondary N) is 1. The number of amides is 1. The second-order valence-corrected chi connectivity index (χ2v) is 4.66. The fourth-order valence-electron chi connectivity index (χ4n) is 2.04. The van der Waals surface area contributed by atoms with Crippen LogP contribution in [0.2, 0.25) is 0 Å². The molecule has 0 saturated carbocycles. The lowest BCUT2D eigenvalue weighted by molar-refractivity contribution is 0.102. The van der Waals surface area contributed by atoms with E-state index in [1.54, 1.807) is 12.1 Å². The number of carbonyl (C=O) groups is 1. The normalized spacial score (nSPS) is 10.4. The zero-order valence-corrected chi connectivity index (χ0v) is 12.4. The molecule has 116 valence electrons. The van der Waals surface area contributed by atoms with Crippen LogP contribution < -0.4 is 10.2 Å². The summed E-state index contributed by atoms with van der Waals surface area (Å²) in [4.78, 5) is 18.3. The quantitative estimate of drug-likeness (QED) is 0.920. The largest absolute Gasteiger partial charge is 0.357 e. The van der Waals surface area contributed by atoms with Crippen molar-refractivity contribution < 1.29 is 13.6 Å². The van der Waals surface area contributed by atoms with Gasteiger partial charge < -0.3 is 10.2 Å². The lowest BCUT2D eigenvalue weighted by Gasteiger charge is -2.19. The van der Waals surface area contributed by atoms with Crippen LogP contribution in [-0.4, -0.2) is 24.0 Å². The molecular weight excluding hydrogens is 288 g/mol. The molecule has 6 heteroatoms. The third-order valence-electron chi connectivity index (χ3n) is 3.27. The van der Waals surface area contributed by atoms with Gasteiger partial charge in [0.25, 0.3) is 5.91 Å². The van der Waals surface area contributed by atoms with Crippen molar-refractivity contribution in [2.75, 3.05) is 23.3 Å². The summed E-state index contributed by atoms with van der Waals surface area (Å²) < 4.78 is 26.0. The Labute approximate surface area is 127 Å². The van der Waals surface area contributed by atoms with Crippen LogP contribution >= 0.6 is 0 Å². The van der Waals surface area contributed by atoms with E-state index in [9.17, 15) is 13.6 Å². The van der Waals surface area contributed by atoms with Crippen LogP contribution in [0.3, 0.4) is 0 Å². The molecule has 1 amide bonds. The number of pyridine rings is 1. The molecule has 1 heterocycles. The third kappa shape index (κ3) is 3.58. The Hall–Kier alpha value is -2.50. The highest BCUT2D eigenvalue weighted by molar-refractivity contribution is 6.04. The van der Waals surface area contributed by atoms with Crippen molar-refractivity contribution >= 4 is 17.4 Å². The summed E-state index contributed by atoms with van der Waals surface area (Å²) in [7, 11) is 0. The molecule has 1 aromatic carbocycles. The Balaban J connectivity index is 2.10. The predicted octanol–water partition coefficient (Wildman–Crippen LogP) is 3.46. The number of rotatable bonds is 5. The van der Waals surface area contributed by atoms with Crippen molar-refractivity contribution in [3.63, 3.8) is 0 Å². The molecule has 0 spiro atoms. The summed E-state index contributed by atoms with van der Waals surface area (Å²) >= 11 is 0. The topological polar surface area (TPSA) is 45.2 Å². The Morgan fingerprint density at radius 3 is 2.41 bits per heavy atom. The van der Waals surface area contributed by atoms with E-state index in [0.717, 1.165) is 31.0 Å². The first-order chi connectivity index (χ1) is 10.5. The Kier molecular flexibility index (Phi) is 5.04. The fourth-order valence-corrected chi connectivity index (χ4v) is 2.04. The molecule has 0 unspecified atom stereocenters. The van der Waals surface area contributed by atoms with Gasteiger partial charge in [-0.15, -0.1) is 0 Å². The van der Waals surface area contributed by atoms with Gasteiger partial charge in [0, 0.05) is 18.7 Å². The zero-order valence-electron chi connectivity index (χ0n) is 12.4. The first kappa shape index (κ1) is 15.9. The van der Waals surface area contributed by atoms with Gasteiger partial charge in [-0.3, -0.25) is 4.79 Å². The SMILES string of the molecule is CCN(CC)c1ccc(NC(=O)c2ccc(F)c(F)c2)cn1. The standard InChI is InChI=1S/C16H17F2N3O/c1-3-21(4-2)15-8-6-12(10-19-15)20-16(22)11-5-7-13(17)14(18)9-11/h5-10H,3-4H2,1-2H3,(H,20,22). The van der Waals surface area contributed by atoms with Gasteiger partial charge in [-0.25, -0.2) is 13.8 Å². The summed E-state index contributed by atoms with van der Waals surface area (Å²) in [5, 5.41) is 2.60. The molecule has 2 rings (SSSR count). The minimum atomic E-state index is -1.05. The third-order valence-corrected chi connectivity index (χ3v) is 3.27. The Morgan fingerprint density at radius 2 is 1.86 bits per heavy atom. The summed E-state index contributed by atoms with van der Waals surface area (Å²) in [5.41, 5.74) is 0.539. The Bertz CT molecular complexity index is 655. The minimum absolute atomic E-state index is 0.0479. The molecule has 0 aliphatic heterocycles. The fraction of sp³-hybridized carbons (Fsp3) is 0.250. The molecule has 0 radical (unpaired) electrons. The highest BCUT2D eigenvalue weighted by Gasteiger charge is 2.10. The summed E-state index contributed by atoms with van der Waals surface area (Å²) in [6.45, 7) is 5.74. The smallest absolute Gasteiger partial charge is 0.255 e. The average molecular weight is 305 g/mol. The van der Waals surface area contributed by atoms with Crippen molar-refractivity contribution in [2.45, 2.75) is 13.8 Å². The molecule has 1 aromatic heterocycles. The minimum Gasteiger partial charge on any atom is -0.357 e. The van der Waals surface area contributed by atoms with E-state index in [4.69, 9.17) is 0 Å². The number of halogens is 2. The van der Waals surface area contributed by atoms with E-state index >= 15 is 0 Å². The predicted molar refractivity (Wildman–Crippen MR) is 82.1 cm³/mol. The van der Waals surface area contributed by atoms with Crippen LogP contribution in [0.15, 0.2) is 36.5 Å². The number of hydrogen-bond donors (Lipinski definition) is 1. The van der Waals surface area contributed by atoms with Crippen molar-refractivity contribution in [3.8, 4) is 0 Å². The van der Waals surface area contributed by atoms with Crippen LogP contribution in [0.4, 0.5) is 20.3 Å². The Morgan fingerprint density at radius 1 is 1.14 bits per heavy atom. The number of benzene rings is 1. The van der Waals surface area contributed by atoms with Gasteiger partial charge in [0.1, 0.15) is 5.82 Å². The molecular formula is C16H17F2N3O. The van der Waals surface area contributed by atoms with Crippen molar-refractivity contribution in [1.82, 2.24) is 4.98 Å². The molecule has 1 N–H and O–H groups in total. The van der Waals surface area contributed by atoms with Crippen molar-refractivity contribution in [2.24, 2.45) is 0 Å². The molecule has 0 aliphatic rings. The summed E-state index contributed by atoms with van der Waals surface area (Å²) in [5.74, 6) is -1.74. The van der Waals surface area contributed by atoms with E-state index in [2.05, 4.69) is 15.2 Å². The van der Waals surface area contributed by atoms with E-state index < -0.39 is 17.5 Å². The molecule has 0 atom stereocenters. The first-order valence-corrected chi connectivity index (χ1v) is 7.02. The molecule has 0 saturated heterocycles. The van der Waals surface area contributed by atoms with Gasteiger partial charge in [-0.05, 0) is 44.2 Å². The van der Waals surface area contributed by atoms with Gasteiger partial charge in [0.2, 0.25) is 0 Å². The molecule has 2 aromatic rings. The van der Waals surface area contributed by atoms with Crippen molar-refractivity contribution in [3.05, 3.63) is 53.7 Å². The van der Waals surface area contributed by atoms with Crippen LogP contribution in [-0.2, 0) is 0 Å². The van der Waals surface area contributed by atoms with E-state index in [-0.39, 0.29) is 5.56 Å². The first-order valence-electron chi connectivity index (χ1n) is 7.02. The van der Waals surface area contributed by atoms with Gasteiger partial charge >= 0.3 is 0 Å². The lowest BCUT2D eigenvalue weighted by Crippen LogP contribution is -2.22. The van der Waals surface area contributed by atoms with Gasteiger partial charge in [-0.1, -0.05) is 0 Å². The van der Waals surface area contributed by atoms with Crippen LogP contribution in [0.25, 0.3) is 0 Å². The van der Waals surface area contributed by atoms with E-state index in [1.165, 1.54) is 12.3 Å². The second-order valence-electron chi connectivity index (χ2n) is 4.66. The summed E-state index contributed by atoms with van der Waals surface area (Å²) in [6.07, 6.45) is 1.53. The van der Waals surface area contributed by atoms with Crippen LogP contribution in [0.5, 0.6) is 0 Å². The van der Waals surface area contributed by atoms with Crippen molar-refractivity contribution in [1.29, 1.82) is 0 Å². The number of nitrogens with zero attached hydrogens (tertiary/aromatic N) is 2. The molecule has 0 aliphatic carbocycles. The molecule has 0 fully saturated rings. The van der Waals surface area contributed by atoms with Gasteiger partial charge in [0.15, 0.2) is 11.6 Å². The lowest BCUT2D eigenvalue weighted by atomic mass is 10.2. The van der Waals surface area contributed by atoms with Gasteiger partial charge in [0.05, 0.1) is 11.9 Å². The number of hydrogen-bond acceptors (Lipinski definition) is 3. The highest BCUT2D eigenvalue weighted by Crippen LogP contribution is 2.15. The maximum Gasteiger partial charge on any atom is 0.255 e. The molecule has 22 heavy (non-hydrogen) atoms. The molecule has 4 nitrogen and oxygen atoms in total. The maximum atomic E-state index is 13.1. The molecule has 0 bridgehead atoms. The zero-order chi connectivity index (χ0) is 16.1. The maximum absolute atomic E-state index is 13.1. The van der Waals surface area contributed by atoms with Crippen LogP contribution in [0.1, 0.15) is 24.2 Å². The highest BCUT2D eigenvalue weighted by atomic mass is 19.2. The second kappa shape index (κ2) is 6.98. The monoisotopic (exact) mass is 305 g/mol.